The highest BCUT2D eigenvalue weighted by molar-refractivity contribution is 9.10. The second-order valence-electron chi connectivity index (χ2n) is 8.02. The van der Waals surface area contributed by atoms with Crippen LogP contribution in [-0.2, 0) is 0 Å². The fourth-order valence-corrected chi connectivity index (χ4v) is 4.93. The van der Waals surface area contributed by atoms with Gasteiger partial charge in [-0.05, 0) is 51.9 Å². The normalized spacial score (nSPS) is 11.3. The van der Waals surface area contributed by atoms with Crippen LogP contribution in [0.3, 0.4) is 0 Å². The number of hydrogen-bond donors (Lipinski definition) is 1. The van der Waals surface area contributed by atoms with Gasteiger partial charge in [0, 0.05) is 25.6 Å². The molecular weight excluding hydrogens is 536 g/mol. The molecule has 158 valence electrons. The first kappa shape index (κ1) is 20.4. The van der Waals surface area contributed by atoms with E-state index < -0.39 is 0 Å². The summed E-state index contributed by atoms with van der Waals surface area (Å²) in [5, 5.41) is 4.79. The van der Waals surface area contributed by atoms with Crippen molar-refractivity contribution in [1.29, 1.82) is 0 Å². The number of fused-ring (bicyclic) bond motifs is 2. The Balaban J connectivity index is 1.67. The number of benzene rings is 5. The number of rotatable bonds is 3. The second kappa shape index (κ2) is 8.29. The Morgan fingerprint density at radius 2 is 1.09 bits per heavy atom. The zero-order valence-corrected chi connectivity index (χ0v) is 20.7. The Kier molecular flexibility index (Phi) is 5.12. The first-order valence-electron chi connectivity index (χ1n) is 10.7. The molecule has 6 aromatic rings. The van der Waals surface area contributed by atoms with Gasteiger partial charge in [-0.15, -0.1) is 0 Å². The van der Waals surface area contributed by atoms with Gasteiger partial charge < -0.3 is 4.98 Å². The van der Waals surface area contributed by atoms with Crippen molar-refractivity contribution in [1.82, 2.24) is 9.97 Å². The number of aromatic amines is 1. The minimum absolute atomic E-state index is 0.874. The number of halogens is 2. The molecule has 0 radical (unpaired) electrons. The molecule has 5 aromatic carbocycles. The summed E-state index contributed by atoms with van der Waals surface area (Å²) in [6.07, 6.45) is 0. The van der Waals surface area contributed by atoms with Crippen molar-refractivity contribution in [2.45, 2.75) is 0 Å². The summed E-state index contributed by atoms with van der Waals surface area (Å²) in [6, 6.07) is 36.0. The van der Waals surface area contributed by atoms with E-state index in [1.54, 1.807) is 0 Å². The van der Waals surface area contributed by atoms with E-state index in [4.69, 9.17) is 4.98 Å². The summed E-state index contributed by atoms with van der Waals surface area (Å²) in [4.78, 5) is 8.89. The van der Waals surface area contributed by atoms with Gasteiger partial charge >= 0.3 is 0 Å². The molecule has 0 aliphatic rings. The van der Waals surface area contributed by atoms with Crippen molar-refractivity contribution in [3.05, 3.63) is 112 Å². The van der Waals surface area contributed by atoms with Crippen LogP contribution >= 0.6 is 31.9 Å². The topological polar surface area (TPSA) is 28.7 Å². The number of aromatic nitrogens is 2. The molecule has 0 amide bonds. The Labute approximate surface area is 208 Å². The third-order valence-corrected chi connectivity index (χ3v) is 7.02. The molecule has 2 nitrogen and oxygen atoms in total. The van der Waals surface area contributed by atoms with Crippen molar-refractivity contribution in [2.24, 2.45) is 0 Å². The van der Waals surface area contributed by atoms with Gasteiger partial charge in [0.2, 0.25) is 0 Å². The summed E-state index contributed by atoms with van der Waals surface area (Å²) in [6.45, 7) is 0. The highest BCUT2D eigenvalue weighted by Gasteiger charge is 2.18. The van der Waals surface area contributed by atoms with Crippen LogP contribution in [0.25, 0.3) is 55.4 Å². The highest BCUT2D eigenvalue weighted by atomic mass is 79.9. The van der Waals surface area contributed by atoms with Crippen LogP contribution in [-0.4, -0.2) is 9.97 Å². The van der Waals surface area contributed by atoms with Gasteiger partial charge in [0.15, 0.2) is 0 Å². The van der Waals surface area contributed by atoms with Gasteiger partial charge in [0.25, 0.3) is 0 Å². The molecule has 0 saturated carbocycles. The van der Waals surface area contributed by atoms with Gasteiger partial charge in [-0.3, -0.25) is 0 Å². The van der Waals surface area contributed by atoms with Crippen LogP contribution in [0.1, 0.15) is 0 Å². The third kappa shape index (κ3) is 3.69. The molecule has 0 fully saturated rings. The molecule has 0 aliphatic carbocycles. The van der Waals surface area contributed by atoms with Gasteiger partial charge in [-0.1, -0.05) is 105 Å². The zero-order chi connectivity index (χ0) is 22.4. The van der Waals surface area contributed by atoms with E-state index in [0.29, 0.717) is 0 Å². The van der Waals surface area contributed by atoms with Crippen LogP contribution in [0.4, 0.5) is 0 Å². The molecule has 1 heterocycles. The van der Waals surface area contributed by atoms with E-state index in [0.717, 1.165) is 42.8 Å². The highest BCUT2D eigenvalue weighted by Crippen LogP contribution is 2.39. The van der Waals surface area contributed by atoms with Crippen LogP contribution in [0.2, 0.25) is 0 Å². The molecule has 0 unspecified atom stereocenters. The first-order chi connectivity index (χ1) is 16.2. The first-order valence-corrected chi connectivity index (χ1v) is 12.3. The lowest BCUT2D eigenvalue weighted by atomic mass is 9.96. The third-order valence-electron chi connectivity index (χ3n) is 5.96. The summed E-state index contributed by atoms with van der Waals surface area (Å²) in [5.41, 5.74) is 5.25. The average molecular weight is 554 g/mol. The predicted octanol–water partition coefficient (Wildman–Crippen LogP) is 9.24. The minimum Gasteiger partial charge on any atom is -0.337 e. The molecule has 6 rings (SSSR count). The smallest absolute Gasteiger partial charge is 0.139 e. The molecule has 1 aromatic heterocycles. The Morgan fingerprint density at radius 1 is 0.576 bits per heavy atom. The zero-order valence-electron chi connectivity index (χ0n) is 17.5. The maximum atomic E-state index is 5.20. The summed E-state index contributed by atoms with van der Waals surface area (Å²) >= 11 is 7.11. The summed E-state index contributed by atoms with van der Waals surface area (Å²) in [7, 11) is 0. The number of nitrogens with zero attached hydrogens (tertiary/aromatic N) is 1. The standard InChI is InChI=1S/C29H18Br2N2/c30-22-13-9-18(10-14-22)27-28(19-11-15-23(31)16-12-19)33-29(32-27)26-24-7-3-1-5-20(24)17-21-6-2-4-8-25(21)26/h1-17H,(H,32,33). The van der Waals surface area contributed by atoms with Crippen molar-refractivity contribution in [3.8, 4) is 33.9 Å². The van der Waals surface area contributed by atoms with Crippen molar-refractivity contribution >= 4 is 53.4 Å². The quantitative estimate of drug-likeness (QED) is 0.217. The van der Waals surface area contributed by atoms with Crippen molar-refractivity contribution < 1.29 is 0 Å². The van der Waals surface area contributed by atoms with Gasteiger partial charge in [0.1, 0.15) is 5.82 Å². The van der Waals surface area contributed by atoms with Crippen LogP contribution < -0.4 is 0 Å². The van der Waals surface area contributed by atoms with Crippen molar-refractivity contribution in [3.63, 3.8) is 0 Å². The molecule has 0 aliphatic heterocycles. The largest absolute Gasteiger partial charge is 0.337 e. The molecule has 0 saturated heterocycles. The molecule has 0 bridgehead atoms. The number of nitrogens with one attached hydrogen (secondary N) is 1. The van der Waals surface area contributed by atoms with Gasteiger partial charge in [0.05, 0.1) is 11.4 Å². The Morgan fingerprint density at radius 3 is 1.67 bits per heavy atom. The fraction of sp³-hybridized carbons (Fsp3) is 0. The molecular formula is C29H18Br2N2. The van der Waals surface area contributed by atoms with Crippen LogP contribution in [0.5, 0.6) is 0 Å². The molecule has 33 heavy (non-hydrogen) atoms. The lowest BCUT2D eigenvalue weighted by Gasteiger charge is -2.09. The molecule has 0 atom stereocenters. The Bertz CT molecular complexity index is 1500. The fourth-order valence-electron chi connectivity index (χ4n) is 4.40. The number of hydrogen-bond acceptors (Lipinski definition) is 1. The SMILES string of the molecule is Brc1ccc(-c2nc(-c3c4ccccc4cc4ccccc34)[nH]c2-c2ccc(Br)cc2)cc1. The van der Waals surface area contributed by atoms with E-state index in [1.807, 2.05) is 0 Å². The minimum atomic E-state index is 0.874. The maximum absolute atomic E-state index is 5.20. The van der Waals surface area contributed by atoms with E-state index in [9.17, 15) is 0 Å². The lowest BCUT2D eigenvalue weighted by molar-refractivity contribution is 1.32. The molecule has 4 heteroatoms. The van der Waals surface area contributed by atoms with E-state index in [-0.39, 0.29) is 0 Å². The Hall–Kier alpha value is -3.21. The molecule has 1 N–H and O–H groups in total. The number of imidazole rings is 1. The lowest BCUT2D eigenvalue weighted by Crippen LogP contribution is -1.87. The van der Waals surface area contributed by atoms with E-state index >= 15 is 0 Å². The van der Waals surface area contributed by atoms with E-state index in [2.05, 4.69) is 140 Å². The predicted molar refractivity (Wildman–Crippen MR) is 145 cm³/mol. The monoisotopic (exact) mass is 552 g/mol. The van der Waals surface area contributed by atoms with Crippen LogP contribution in [0.15, 0.2) is 112 Å². The average Bonchev–Trinajstić information content (AvgIpc) is 3.28. The van der Waals surface area contributed by atoms with Crippen molar-refractivity contribution in [2.75, 3.05) is 0 Å². The van der Waals surface area contributed by atoms with Gasteiger partial charge in [-0.2, -0.15) is 0 Å². The summed E-state index contributed by atoms with van der Waals surface area (Å²) in [5.74, 6) is 0.874. The van der Waals surface area contributed by atoms with E-state index in [1.165, 1.54) is 21.5 Å². The maximum Gasteiger partial charge on any atom is 0.139 e. The van der Waals surface area contributed by atoms with Crippen LogP contribution in [0, 0.1) is 0 Å². The number of H-pyrrole nitrogens is 1. The van der Waals surface area contributed by atoms with Gasteiger partial charge in [-0.25, -0.2) is 4.98 Å². The molecule has 0 spiro atoms. The second-order valence-corrected chi connectivity index (χ2v) is 9.85. The summed E-state index contributed by atoms with van der Waals surface area (Å²) < 4.78 is 2.10.